The molecule has 16 heteroatoms. The molecule has 4 nitrogen and oxygen atoms in total. The molecule has 0 spiro atoms. The van der Waals surface area contributed by atoms with Crippen molar-refractivity contribution in [3.63, 3.8) is 0 Å². The van der Waals surface area contributed by atoms with Gasteiger partial charge >= 0.3 is 24.7 Å². The molecule has 0 saturated heterocycles. The van der Waals surface area contributed by atoms with E-state index in [-0.39, 0.29) is 51.1 Å². The van der Waals surface area contributed by atoms with Crippen molar-refractivity contribution in [2.24, 2.45) is 5.92 Å². The van der Waals surface area contributed by atoms with Crippen LogP contribution in [0.15, 0.2) is 78.4 Å². The van der Waals surface area contributed by atoms with Gasteiger partial charge in [-0.2, -0.15) is 73.7 Å². The summed E-state index contributed by atoms with van der Waals surface area (Å²) in [5, 5.41) is 40.1. The Kier molecular flexibility index (Phi) is 8.82. The van der Waals surface area contributed by atoms with E-state index in [1.807, 2.05) is 12.1 Å². The van der Waals surface area contributed by atoms with Crippen LogP contribution in [-0.2, 0) is 24.7 Å². The molecule has 4 aromatic rings. The van der Waals surface area contributed by atoms with Gasteiger partial charge in [0.05, 0.1) is 34.4 Å². The summed E-state index contributed by atoms with van der Waals surface area (Å²) in [6.45, 7) is 0. The number of halogens is 12. The molecular weight excluding hydrogens is 740 g/mol. The first-order valence-electron chi connectivity index (χ1n) is 15.3. The molecule has 272 valence electrons. The van der Waals surface area contributed by atoms with Crippen molar-refractivity contribution in [2.75, 3.05) is 0 Å². The largest absolute Gasteiger partial charge is 0.416 e. The SMILES string of the molecule is N#CC(C#N)=C1c2cc(-c3cc(C(F)(F)F)cc(C(F)(F)F)c3)ccc2C2C1c1ccc(-c3cc(C(F)(F)F)cc(C(F)(F)F)c3)cc1C2C(C#N)C#N. The Balaban J connectivity index is 1.59. The summed E-state index contributed by atoms with van der Waals surface area (Å²) < 4.78 is 164. The predicted octanol–water partition coefficient (Wildman–Crippen LogP) is 11.5. The van der Waals surface area contributed by atoms with E-state index in [2.05, 4.69) is 0 Å². The number of nitrogens with zero attached hydrogens (tertiary/aromatic N) is 4. The number of fused-ring (bicyclic) bond motifs is 5. The van der Waals surface area contributed by atoms with Crippen LogP contribution < -0.4 is 0 Å². The van der Waals surface area contributed by atoms with Crippen LogP contribution in [0.2, 0.25) is 0 Å². The summed E-state index contributed by atoms with van der Waals surface area (Å²) >= 11 is 0. The van der Waals surface area contributed by atoms with E-state index in [1.54, 1.807) is 12.1 Å². The van der Waals surface area contributed by atoms with Gasteiger partial charge in [0.1, 0.15) is 23.6 Å². The maximum atomic E-state index is 13.7. The summed E-state index contributed by atoms with van der Waals surface area (Å²) in [6.07, 6.45) is -20.7. The Morgan fingerprint density at radius 2 is 0.889 bits per heavy atom. The molecular formula is C38H16F12N4. The normalized spacial score (nSPS) is 17.9. The third-order valence-corrected chi connectivity index (χ3v) is 9.51. The minimum absolute atomic E-state index is 0.0468. The lowest BCUT2D eigenvalue weighted by atomic mass is 9.78. The van der Waals surface area contributed by atoms with Gasteiger partial charge in [-0.3, -0.25) is 0 Å². The molecule has 4 aromatic carbocycles. The first-order valence-corrected chi connectivity index (χ1v) is 15.3. The fourth-order valence-electron chi connectivity index (χ4n) is 7.31. The van der Waals surface area contributed by atoms with E-state index in [9.17, 15) is 73.7 Å². The van der Waals surface area contributed by atoms with Gasteiger partial charge in [0.25, 0.3) is 0 Å². The van der Waals surface area contributed by atoms with Crippen LogP contribution in [0.4, 0.5) is 52.7 Å². The number of nitriles is 4. The fourth-order valence-corrected chi connectivity index (χ4v) is 7.31. The van der Waals surface area contributed by atoms with Crippen LogP contribution in [0.1, 0.15) is 62.3 Å². The van der Waals surface area contributed by atoms with Crippen LogP contribution in [-0.4, -0.2) is 0 Å². The molecule has 0 aromatic heterocycles. The lowest BCUT2D eigenvalue weighted by Gasteiger charge is -2.22. The minimum atomic E-state index is -5.18. The topological polar surface area (TPSA) is 95.2 Å². The Morgan fingerprint density at radius 3 is 1.28 bits per heavy atom. The summed E-state index contributed by atoms with van der Waals surface area (Å²) in [6, 6.07) is 16.4. The zero-order valence-electron chi connectivity index (χ0n) is 26.6. The monoisotopic (exact) mass is 756 g/mol. The molecule has 0 radical (unpaired) electrons. The molecule has 0 aliphatic heterocycles. The molecule has 0 fully saturated rings. The maximum absolute atomic E-state index is 13.7. The van der Waals surface area contributed by atoms with Crippen molar-refractivity contribution in [3.05, 3.63) is 123 Å². The van der Waals surface area contributed by atoms with E-state index in [4.69, 9.17) is 0 Å². The number of allylic oxidation sites excluding steroid dienone is 2. The Hall–Kier alpha value is -6.26. The summed E-state index contributed by atoms with van der Waals surface area (Å²) in [7, 11) is 0. The number of benzene rings is 4. The molecule has 2 aliphatic carbocycles. The molecule has 0 bridgehead atoms. The molecule has 54 heavy (non-hydrogen) atoms. The lowest BCUT2D eigenvalue weighted by molar-refractivity contribution is -0.144. The summed E-state index contributed by atoms with van der Waals surface area (Å²) in [4.78, 5) is 0. The van der Waals surface area contributed by atoms with Crippen molar-refractivity contribution in [1.82, 2.24) is 0 Å². The second-order valence-electron chi connectivity index (χ2n) is 12.5. The average molecular weight is 757 g/mol. The van der Waals surface area contributed by atoms with Gasteiger partial charge in [0.15, 0.2) is 0 Å². The zero-order valence-corrected chi connectivity index (χ0v) is 26.6. The maximum Gasteiger partial charge on any atom is 0.416 e. The van der Waals surface area contributed by atoms with Crippen molar-refractivity contribution >= 4 is 5.57 Å². The highest BCUT2D eigenvalue weighted by Gasteiger charge is 2.53. The number of hydrogen-bond donors (Lipinski definition) is 0. The van der Waals surface area contributed by atoms with Gasteiger partial charge in [-0.1, -0.05) is 30.3 Å². The molecule has 2 aliphatic rings. The van der Waals surface area contributed by atoms with Crippen molar-refractivity contribution in [3.8, 4) is 46.5 Å². The highest BCUT2D eigenvalue weighted by atomic mass is 19.4. The Labute approximate surface area is 297 Å². The van der Waals surface area contributed by atoms with E-state index in [0.717, 1.165) is 0 Å². The number of hydrogen-bond acceptors (Lipinski definition) is 4. The van der Waals surface area contributed by atoms with Crippen LogP contribution >= 0.6 is 0 Å². The molecule has 0 amide bonds. The smallest absolute Gasteiger partial charge is 0.197 e. The van der Waals surface area contributed by atoms with Crippen molar-refractivity contribution < 1.29 is 52.7 Å². The van der Waals surface area contributed by atoms with Gasteiger partial charge in [-0.15, -0.1) is 0 Å². The lowest BCUT2D eigenvalue weighted by Crippen LogP contribution is -2.14. The zero-order chi connectivity index (χ0) is 39.7. The van der Waals surface area contributed by atoms with Crippen LogP contribution in [0, 0.1) is 51.2 Å². The fraction of sp³-hybridized carbons (Fsp3) is 0.211. The third-order valence-electron chi connectivity index (χ3n) is 9.51. The third kappa shape index (κ3) is 6.39. The first kappa shape index (κ1) is 37.5. The highest BCUT2D eigenvalue weighted by molar-refractivity contribution is 5.90. The standard InChI is InChI=1S/C38H16F12N4/c39-35(40,41)23-5-19(6-24(11-23)36(42,43)44)17-1-3-27-29(9-17)31(21(13-51)14-52)34-28-4-2-18(10-30(28)32(33(27)34)22(15-53)16-54)20-7-25(37(45,46)47)12-26(8-20)38(48,49)50/h1-12,21,31,33-34H. The second kappa shape index (κ2) is 12.7. The molecule has 3 atom stereocenters. The molecule has 0 heterocycles. The van der Waals surface area contributed by atoms with E-state index in [1.165, 1.54) is 36.4 Å². The minimum Gasteiger partial charge on any atom is -0.197 e. The molecule has 0 saturated carbocycles. The van der Waals surface area contributed by atoms with E-state index >= 15 is 0 Å². The van der Waals surface area contributed by atoms with Crippen LogP contribution in [0.25, 0.3) is 27.8 Å². The summed E-state index contributed by atoms with van der Waals surface area (Å²) in [5.74, 6) is -4.76. The van der Waals surface area contributed by atoms with Gasteiger partial charge < -0.3 is 0 Å². The van der Waals surface area contributed by atoms with Crippen LogP contribution in [0.5, 0.6) is 0 Å². The molecule has 0 N–H and O–H groups in total. The van der Waals surface area contributed by atoms with Gasteiger partial charge in [0, 0.05) is 17.8 Å². The molecule has 3 unspecified atom stereocenters. The van der Waals surface area contributed by atoms with Crippen molar-refractivity contribution in [1.29, 1.82) is 21.0 Å². The van der Waals surface area contributed by atoms with E-state index in [0.29, 0.717) is 24.3 Å². The Morgan fingerprint density at radius 1 is 0.481 bits per heavy atom. The number of alkyl halides is 12. The predicted molar refractivity (Wildman–Crippen MR) is 165 cm³/mol. The Bertz CT molecular complexity index is 2330. The van der Waals surface area contributed by atoms with Gasteiger partial charge in [-0.05, 0) is 92.5 Å². The van der Waals surface area contributed by atoms with Gasteiger partial charge in [0.2, 0.25) is 0 Å². The first-order chi connectivity index (χ1) is 25.1. The summed E-state index contributed by atoms with van der Waals surface area (Å²) in [5.41, 5.74) is -7.67. The van der Waals surface area contributed by atoms with Crippen molar-refractivity contribution in [2.45, 2.75) is 42.5 Å². The average Bonchev–Trinajstić information content (AvgIpc) is 3.59. The quantitative estimate of drug-likeness (QED) is 0.154. The highest BCUT2D eigenvalue weighted by Crippen LogP contribution is 2.65. The second-order valence-corrected chi connectivity index (χ2v) is 12.5. The molecule has 6 rings (SSSR count). The number of rotatable bonds is 3. The van der Waals surface area contributed by atoms with Crippen LogP contribution in [0.3, 0.4) is 0 Å². The van der Waals surface area contributed by atoms with E-state index < -0.39 is 87.3 Å². The van der Waals surface area contributed by atoms with Gasteiger partial charge in [-0.25, -0.2) is 0 Å².